The number of carbonyl (C=O) groups excluding carboxylic acids is 2. The number of ketones is 1. The summed E-state index contributed by atoms with van der Waals surface area (Å²) < 4.78 is 5.38. The molecule has 0 radical (unpaired) electrons. The van der Waals surface area contributed by atoms with Crippen molar-refractivity contribution in [2.45, 2.75) is 27.2 Å². The van der Waals surface area contributed by atoms with Crippen LogP contribution in [0, 0.1) is 5.92 Å². The van der Waals surface area contributed by atoms with Crippen molar-refractivity contribution >= 4 is 23.3 Å². The van der Waals surface area contributed by atoms with Crippen LogP contribution in [0.25, 0.3) is 0 Å². The maximum absolute atomic E-state index is 11.6. The van der Waals surface area contributed by atoms with E-state index in [0.29, 0.717) is 28.8 Å². The molecule has 0 heterocycles. The summed E-state index contributed by atoms with van der Waals surface area (Å²) in [5.41, 5.74) is 0.382. The summed E-state index contributed by atoms with van der Waals surface area (Å²) in [6, 6.07) is 4.76. The predicted octanol–water partition coefficient (Wildman–Crippen LogP) is 3.08. The van der Waals surface area contributed by atoms with E-state index in [0.717, 1.165) is 6.42 Å². The fourth-order valence-corrected chi connectivity index (χ4v) is 1.77. The largest absolute Gasteiger partial charge is 0.483 e. The fourth-order valence-electron chi connectivity index (χ4n) is 1.60. The van der Waals surface area contributed by atoms with Crippen LogP contribution in [0.5, 0.6) is 5.75 Å². The van der Waals surface area contributed by atoms with Crippen molar-refractivity contribution in [3.8, 4) is 5.75 Å². The van der Waals surface area contributed by atoms with Gasteiger partial charge in [-0.05, 0) is 37.5 Å². The standard InChI is InChI=1S/C15H20ClNO3/c1-10(2)6-7-17-15(19)9-20-14-5-4-12(16)8-13(14)11(3)18/h4-5,8,10H,6-7,9H2,1-3H3,(H,17,19). The molecule has 0 saturated heterocycles. The van der Waals surface area contributed by atoms with Crippen LogP contribution >= 0.6 is 11.6 Å². The van der Waals surface area contributed by atoms with Gasteiger partial charge in [0.15, 0.2) is 12.4 Å². The average molecular weight is 298 g/mol. The molecule has 0 fully saturated rings. The van der Waals surface area contributed by atoms with E-state index >= 15 is 0 Å². The summed E-state index contributed by atoms with van der Waals surface area (Å²) in [6.07, 6.45) is 0.922. The van der Waals surface area contributed by atoms with E-state index in [-0.39, 0.29) is 18.3 Å². The summed E-state index contributed by atoms with van der Waals surface area (Å²) >= 11 is 5.83. The molecule has 0 atom stereocenters. The quantitative estimate of drug-likeness (QED) is 0.787. The number of rotatable bonds is 7. The number of hydrogen-bond acceptors (Lipinski definition) is 3. The molecule has 1 aromatic carbocycles. The fraction of sp³-hybridized carbons (Fsp3) is 0.467. The topological polar surface area (TPSA) is 55.4 Å². The molecule has 110 valence electrons. The van der Waals surface area contributed by atoms with Crippen molar-refractivity contribution < 1.29 is 14.3 Å². The molecule has 0 aromatic heterocycles. The van der Waals surface area contributed by atoms with Crippen molar-refractivity contribution in [2.75, 3.05) is 13.2 Å². The molecule has 5 heteroatoms. The zero-order valence-corrected chi connectivity index (χ0v) is 12.8. The number of Topliss-reactive ketones (excluding diaryl/α,β-unsaturated/α-hetero) is 1. The monoisotopic (exact) mass is 297 g/mol. The van der Waals surface area contributed by atoms with Gasteiger partial charge in [-0.3, -0.25) is 9.59 Å². The first kappa shape index (κ1) is 16.5. The van der Waals surface area contributed by atoms with Crippen LogP contribution < -0.4 is 10.1 Å². The third-order valence-corrected chi connectivity index (χ3v) is 2.96. The first-order valence-electron chi connectivity index (χ1n) is 6.60. The van der Waals surface area contributed by atoms with E-state index in [4.69, 9.17) is 16.3 Å². The zero-order chi connectivity index (χ0) is 15.1. The van der Waals surface area contributed by atoms with Crippen molar-refractivity contribution in [2.24, 2.45) is 5.92 Å². The highest BCUT2D eigenvalue weighted by Crippen LogP contribution is 2.23. The lowest BCUT2D eigenvalue weighted by Gasteiger charge is -2.11. The third kappa shape index (κ3) is 5.61. The van der Waals surface area contributed by atoms with Crippen LogP contribution in [0.3, 0.4) is 0 Å². The second-order valence-electron chi connectivity index (χ2n) is 5.02. The third-order valence-electron chi connectivity index (χ3n) is 2.72. The normalized spacial score (nSPS) is 10.4. The van der Waals surface area contributed by atoms with Crippen LogP contribution in [0.15, 0.2) is 18.2 Å². The Balaban J connectivity index is 2.53. The van der Waals surface area contributed by atoms with Crippen molar-refractivity contribution in [3.05, 3.63) is 28.8 Å². The number of ether oxygens (including phenoxy) is 1. The van der Waals surface area contributed by atoms with E-state index in [9.17, 15) is 9.59 Å². The van der Waals surface area contributed by atoms with Crippen molar-refractivity contribution in [3.63, 3.8) is 0 Å². The number of amides is 1. The van der Waals surface area contributed by atoms with Gasteiger partial charge in [-0.15, -0.1) is 0 Å². The van der Waals surface area contributed by atoms with Gasteiger partial charge in [0.1, 0.15) is 5.75 Å². The van der Waals surface area contributed by atoms with Crippen molar-refractivity contribution in [1.82, 2.24) is 5.32 Å². The lowest BCUT2D eigenvalue weighted by atomic mass is 10.1. The molecule has 1 N–H and O–H groups in total. The highest BCUT2D eigenvalue weighted by atomic mass is 35.5. The van der Waals surface area contributed by atoms with Gasteiger partial charge in [0, 0.05) is 11.6 Å². The number of halogens is 1. The summed E-state index contributed by atoms with van der Waals surface area (Å²) in [6.45, 7) is 6.13. The maximum Gasteiger partial charge on any atom is 0.257 e. The van der Waals surface area contributed by atoms with Gasteiger partial charge in [0.2, 0.25) is 0 Å². The number of nitrogens with one attached hydrogen (secondary N) is 1. The minimum Gasteiger partial charge on any atom is -0.483 e. The Morgan fingerprint density at radius 3 is 2.65 bits per heavy atom. The molecule has 0 aliphatic rings. The van der Waals surface area contributed by atoms with Crippen LogP contribution in [-0.4, -0.2) is 24.8 Å². The van der Waals surface area contributed by atoms with Crippen LogP contribution in [-0.2, 0) is 4.79 Å². The van der Waals surface area contributed by atoms with E-state index in [2.05, 4.69) is 19.2 Å². The highest BCUT2D eigenvalue weighted by molar-refractivity contribution is 6.31. The summed E-state index contributed by atoms with van der Waals surface area (Å²) in [7, 11) is 0. The van der Waals surface area contributed by atoms with E-state index in [1.807, 2.05) is 0 Å². The first-order chi connectivity index (χ1) is 9.40. The minimum absolute atomic E-state index is 0.111. The smallest absolute Gasteiger partial charge is 0.257 e. The Morgan fingerprint density at radius 2 is 2.05 bits per heavy atom. The van der Waals surface area contributed by atoms with Gasteiger partial charge in [-0.25, -0.2) is 0 Å². The molecule has 1 amide bonds. The maximum atomic E-state index is 11.6. The number of carbonyl (C=O) groups is 2. The second-order valence-corrected chi connectivity index (χ2v) is 5.45. The Bertz CT molecular complexity index is 486. The van der Waals surface area contributed by atoms with Gasteiger partial charge < -0.3 is 10.1 Å². The lowest BCUT2D eigenvalue weighted by Crippen LogP contribution is -2.30. The lowest BCUT2D eigenvalue weighted by molar-refractivity contribution is -0.123. The molecule has 0 spiro atoms. The summed E-state index contributed by atoms with van der Waals surface area (Å²) in [5, 5.41) is 3.23. The molecule has 0 aliphatic carbocycles. The zero-order valence-electron chi connectivity index (χ0n) is 12.0. The Labute approximate surface area is 124 Å². The number of benzene rings is 1. The molecule has 0 bridgehead atoms. The second kappa shape index (κ2) is 7.90. The average Bonchev–Trinajstić information content (AvgIpc) is 2.36. The van der Waals surface area contributed by atoms with E-state index in [1.54, 1.807) is 12.1 Å². The summed E-state index contributed by atoms with van der Waals surface area (Å²) in [5.74, 6) is 0.565. The van der Waals surface area contributed by atoms with Gasteiger partial charge in [0.25, 0.3) is 5.91 Å². The molecule has 0 aliphatic heterocycles. The minimum atomic E-state index is -0.199. The van der Waals surface area contributed by atoms with Crippen LogP contribution in [0.4, 0.5) is 0 Å². The van der Waals surface area contributed by atoms with E-state index in [1.165, 1.54) is 13.0 Å². The highest BCUT2D eigenvalue weighted by Gasteiger charge is 2.11. The first-order valence-corrected chi connectivity index (χ1v) is 6.98. The number of hydrogen-bond donors (Lipinski definition) is 1. The SMILES string of the molecule is CC(=O)c1cc(Cl)ccc1OCC(=O)NCCC(C)C. The Morgan fingerprint density at radius 1 is 1.35 bits per heavy atom. The van der Waals surface area contributed by atoms with Gasteiger partial charge in [-0.1, -0.05) is 25.4 Å². The van der Waals surface area contributed by atoms with Gasteiger partial charge in [0.05, 0.1) is 5.56 Å². The molecule has 1 rings (SSSR count). The molecule has 20 heavy (non-hydrogen) atoms. The molecule has 0 saturated carbocycles. The predicted molar refractivity (Wildman–Crippen MR) is 79.4 cm³/mol. The molecular weight excluding hydrogens is 278 g/mol. The Kier molecular flexibility index (Phi) is 6.52. The van der Waals surface area contributed by atoms with Crippen LogP contribution in [0.2, 0.25) is 5.02 Å². The molecule has 1 aromatic rings. The van der Waals surface area contributed by atoms with Gasteiger partial charge >= 0.3 is 0 Å². The molecule has 0 unspecified atom stereocenters. The van der Waals surface area contributed by atoms with Gasteiger partial charge in [-0.2, -0.15) is 0 Å². The van der Waals surface area contributed by atoms with Crippen molar-refractivity contribution in [1.29, 1.82) is 0 Å². The molecule has 4 nitrogen and oxygen atoms in total. The summed E-state index contributed by atoms with van der Waals surface area (Å²) in [4.78, 5) is 23.1. The Hall–Kier alpha value is -1.55. The van der Waals surface area contributed by atoms with E-state index < -0.39 is 0 Å². The molecular formula is C15H20ClNO3. The van der Waals surface area contributed by atoms with Crippen LogP contribution in [0.1, 0.15) is 37.6 Å².